The Bertz CT molecular complexity index is 483. The molecule has 0 saturated heterocycles. The van der Waals surface area contributed by atoms with Gasteiger partial charge in [0.15, 0.2) is 6.61 Å². The van der Waals surface area contributed by atoms with Crippen molar-refractivity contribution < 1.29 is 19.1 Å². The van der Waals surface area contributed by atoms with E-state index in [1.807, 2.05) is 31.2 Å². The SMILES string of the molecule is CC/C=C/C(=O)OCC(=O)NCc1ccccc1OC. The average Bonchev–Trinajstić information content (AvgIpc) is 2.48. The van der Waals surface area contributed by atoms with Gasteiger partial charge in [-0.2, -0.15) is 0 Å². The van der Waals surface area contributed by atoms with E-state index in [1.54, 1.807) is 13.2 Å². The van der Waals surface area contributed by atoms with E-state index < -0.39 is 5.97 Å². The van der Waals surface area contributed by atoms with Crippen molar-refractivity contribution >= 4 is 11.9 Å². The monoisotopic (exact) mass is 277 g/mol. The fourth-order valence-corrected chi connectivity index (χ4v) is 1.49. The van der Waals surface area contributed by atoms with Gasteiger partial charge in [-0.15, -0.1) is 0 Å². The van der Waals surface area contributed by atoms with Crippen molar-refractivity contribution in [1.82, 2.24) is 5.32 Å². The highest BCUT2D eigenvalue weighted by Crippen LogP contribution is 2.16. The van der Waals surface area contributed by atoms with E-state index in [0.29, 0.717) is 12.3 Å². The molecule has 5 heteroatoms. The summed E-state index contributed by atoms with van der Waals surface area (Å²) in [6.45, 7) is 1.94. The lowest BCUT2D eigenvalue weighted by molar-refractivity contribution is -0.143. The summed E-state index contributed by atoms with van der Waals surface area (Å²) in [6, 6.07) is 7.39. The second-order valence-corrected chi connectivity index (χ2v) is 4.01. The summed E-state index contributed by atoms with van der Waals surface area (Å²) in [5.41, 5.74) is 0.862. The van der Waals surface area contributed by atoms with E-state index in [1.165, 1.54) is 6.08 Å². The van der Waals surface area contributed by atoms with Crippen LogP contribution in [0.5, 0.6) is 5.75 Å². The summed E-state index contributed by atoms with van der Waals surface area (Å²) in [5.74, 6) is -0.163. The molecule has 20 heavy (non-hydrogen) atoms. The third kappa shape index (κ3) is 5.56. The zero-order valence-electron chi connectivity index (χ0n) is 11.7. The van der Waals surface area contributed by atoms with Gasteiger partial charge in [-0.05, 0) is 12.5 Å². The molecule has 0 fully saturated rings. The Morgan fingerprint density at radius 3 is 2.75 bits per heavy atom. The van der Waals surface area contributed by atoms with Crippen molar-refractivity contribution in [3.05, 3.63) is 42.0 Å². The molecule has 108 valence electrons. The van der Waals surface area contributed by atoms with E-state index in [2.05, 4.69) is 5.32 Å². The predicted molar refractivity (Wildman–Crippen MR) is 75.2 cm³/mol. The first-order chi connectivity index (χ1) is 9.67. The van der Waals surface area contributed by atoms with Crippen LogP contribution in [0.4, 0.5) is 0 Å². The Morgan fingerprint density at radius 2 is 2.05 bits per heavy atom. The first-order valence-corrected chi connectivity index (χ1v) is 6.39. The zero-order chi connectivity index (χ0) is 14.8. The van der Waals surface area contributed by atoms with Crippen LogP contribution in [-0.2, 0) is 20.9 Å². The van der Waals surface area contributed by atoms with Gasteiger partial charge in [0.2, 0.25) is 0 Å². The van der Waals surface area contributed by atoms with Crippen LogP contribution in [0.15, 0.2) is 36.4 Å². The van der Waals surface area contributed by atoms with Crippen LogP contribution in [0.3, 0.4) is 0 Å². The molecule has 0 radical (unpaired) electrons. The summed E-state index contributed by atoms with van der Waals surface area (Å²) in [7, 11) is 1.57. The molecular weight excluding hydrogens is 258 g/mol. The summed E-state index contributed by atoms with van der Waals surface area (Å²) < 4.78 is 9.96. The van der Waals surface area contributed by atoms with Crippen molar-refractivity contribution in [2.45, 2.75) is 19.9 Å². The van der Waals surface area contributed by atoms with Crippen LogP contribution >= 0.6 is 0 Å². The minimum absolute atomic E-state index is 0.290. The van der Waals surface area contributed by atoms with E-state index in [9.17, 15) is 9.59 Å². The van der Waals surface area contributed by atoms with Crippen LogP contribution in [0.25, 0.3) is 0 Å². The third-order valence-electron chi connectivity index (χ3n) is 2.50. The molecule has 0 aromatic heterocycles. The van der Waals surface area contributed by atoms with Crippen LogP contribution in [-0.4, -0.2) is 25.6 Å². The Balaban J connectivity index is 2.36. The van der Waals surface area contributed by atoms with Crippen molar-refractivity contribution in [3.63, 3.8) is 0 Å². The second-order valence-electron chi connectivity index (χ2n) is 4.01. The molecule has 0 bridgehead atoms. The van der Waals surface area contributed by atoms with Crippen LogP contribution in [0, 0.1) is 0 Å². The fraction of sp³-hybridized carbons (Fsp3) is 0.333. The van der Waals surface area contributed by atoms with Gasteiger partial charge in [0.1, 0.15) is 5.75 Å². The molecule has 1 rings (SSSR count). The summed E-state index contributed by atoms with van der Waals surface area (Å²) in [4.78, 5) is 22.7. The molecular formula is C15H19NO4. The molecule has 0 aliphatic rings. The Labute approximate surface area is 118 Å². The van der Waals surface area contributed by atoms with Gasteiger partial charge in [0.25, 0.3) is 5.91 Å². The lowest BCUT2D eigenvalue weighted by Gasteiger charge is -2.09. The molecule has 1 aromatic carbocycles. The number of carbonyl (C=O) groups excluding carboxylic acids is 2. The minimum atomic E-state index is -0.515. The number of amides is 1. The van der Waals surface area contributed by atoms with Crippen LogP contribution < -0.4 is 10.1 Å². The molecule has 0 aliphatic heterocycles. The van der Waals surface area contributed by atoms with Gasteiger partial charge in [0, 0.05) is 18.2 Å². The number of rotatable bonds is 7. The predicted octanol–water partition coefficient (Wildman–Crippen LogP) is 1.82. The van der Waals surface area contributed by atoms with Gasteiger partial charge in [0.05, 0.1) is 7.11 Å². The number of para-hydroxylation sites is 1. The normalized spacial score (nSPS) is 10.3. The second kappa shape index (κ2) is 8.74. The highest BCUT2D eigenvalue weighted by Gasteiger charge is 2.06. The third-order valence-corrected chi connectivity index (χ3v) is 2.50. The van der Waals surface area contributed by atoms with Crippen molar-refractivity contribution in [3.8, 4) is 5.75 Å². The molecule has 1 aromatic rings. The number of methoxy groups -OCH3 is 1. The lowest BCUT2D eigenvalue weighted by Crippen LogP contribution is -2.28. The van der Waals surface area contributed by atoms with Gasteiger partial charge in [-0.3, -0.25) is 4.79 Å². The standard InChI is InChI=1S/C15H19NO4/c1-3-4-9-15(18)20-11-14(17)16-10-12-7-5-6-8-13(12)19-2/h4-9H,3,10-11H2,1-2H3,(H,16,17)/b9-4+. The number of hydrogen-bond acceptors (Lipinski definition) is 4. The minimum Gasteiger partial charge on any atom is -0.496 e. The molecule has 0 saturated carbocycles. The first-order valence-electron chi connectivity index (χ1n) is 6.39. The topological polar surface area (TPSA) is 64.6 Å². The highest BCUT2D eigenvalue weighted by molar-refractivity contribution is 5.85. The van der Waals surface area contributed by atoms with Gasteiger partial charge >= 0.3 is 5.97 Å². The van der Waals surface area contributed by atoms with Gasteiger partial charge in [-0.1, -0.05) is 31.2 Å². The van der Waals surface area contributed by atoms with Gasteiger partial charge in [-0.25, -0.2) is 4.79 Å². The number of allylic oxidation sites excluding steroid dienone is 1. The number of hydrogen-bond donors (Lipinski definition) is 1. The zero-order valence-corrected chi connectivity index (χ0v) is 11.7. The molecule has 5 nitrogen and oxygen atoms in total. The largest absolute Gasteiger partial charge is 0.496 e. The maximum Gasteiger partial charge on any atom is 0.330 e. The molecule has 0 heterocycles. The number of carbonyl (C=O) groups is 2. The molecule has 1 N–H and O–H groups in total. The Hall–Kier alpha value is -2.30. The summed E-state index contributed by atoms with van der Waals surface area (Å²) >= 11 is 0. The molecule has 0 unspecified atom stereocenters. The van der Waals surface area contributed by atoms with Crippen molar-refractivity contribution in [2.75, 3.05) is 13.7 Å². The number of benzene rings is 1. The van der Waals surface area contributed by atoms with Crippen LogP contribution in [0.2, 0.25) is 0 Å². The first kappa shape index (κ1) is 15.8. The molecule has 0 atom stereocenters. The van der Waals surface area contributed by atoms with E-state index in [0.717, 1.165) is 12.0 Å². The van der Waals surface area contributed by atoms with E-state index >= 15 is 0 Å². The van der Waals surface area contributed by atoms with E-state index in [-0.39, 0.29) is 12.5 Å². The maximum atomic E-state index is 11.5. The fourth-order valence-electron chi connectivity index (χ4n) is 1.49. The molecule has 0 spiro atoms. The molecule has 1 amide bonds. The number of esters is 1. The van der Waals surface area contributed by atoms with Crippen molar-refractivity contribution in [2.24, 2.45) is 0 Å². The van der Waals surface area contributed by atoms with Crippen LogP contribution in [0.1, 0.15) is 18.9 Å². The summed E-state index contributed by atoms with van der Waals surface area (Å²) in [6.07, 6.45) is 3.73. The van der Waals surface area contributed by atoms with E-state index in [4.69, 9.17) is 9.47 Å². The highest BCUT2D eigenvalue weighted by atomic mass is 16.5. The van der Waals surface area contributed by atoms with Gasteiger partial charge < -0.3 is 14.8 Å². The lowest BCUT2D eigenvalue weighted by atomic mass is 10.2. The maximum absolute atomic E-state index is 11.5. The Kier molecular flexibility index (Phi) is 6.89. The Morgan fingerprint density at radius 1 is 1.30 bits per heavy atom. The smallest absolute Gasteiger partial charge is 0.330 e. The average molecular weight is 277 g/mol. The summed E-state index contributed by atoms with van der Waals surface area (Å²) in [5, 5.41) is 2.66. The molecule has 0 aliphatic carbocycles. The number of nitrogens with one attached hydrogen (secondary N) is 1. The van der Waals surface area contributed by atoms with Crippen molar-refractivity contribution in [1.29, 1.82) is 0 Å². The number of ether oxygens (including phenoxy) is 2. The quantitative estimate of drug-likeness (QED) is 0.610.